The Labute approximate surface area is 129 Å². The van der Waals surface area contributed by atoms with Gasteiger partial charge in [0, 0.05) is 26.9 Å². The summed E-state index contributed by atoms with van der Waals surface area (Å²) in [6.45, 7) is 1.03. The zero-order valence-corrected chi connectivity index (χ0v) is 14.1. The molecular formula is C11H13BrINO3S. The van der Waals surface area contributed by atoms with Crippen molar-refractivity contribution in [3.05, 3.63) is 26.2 Å². The summed E-state index contributed by atoms with van der Waals surface area (Å²) in [5, 5.41) is -0.354. The summed E-state index contributed by atoms with van der Waals surface area (Å²) in [7, 11) is -3.31. The summed E-state index contributed by atoms with van der Waals surface area (Å²) in [6, 6.07) is 5.40. The fraction of sp³-hybridized carbons (Fsp3) is 0.455. The van der Waals surface area contributed by atoms with Gasteiger partial charge in [-0.3, -0.25) is 4.72 Å². The number of hydrogen-bond donors (Lipinski definition) is 1. The monoisotopic (exact) mass is 445 g/mol. The largest absolute Gasteiger partial charge is 0.381 e. The maximum absolute atomic E-state index is 12.2. The molecule has 1 aliphatic rings. The van der Waals surface area contributed by atoms with E-state index in [0.29, 0.717) is 31.7 Å². The molecule has 0 atom stereocenters. The first-order valence-electron chi connectivity index (χ1n) is 5.53. The molecule has 4 nitrogen and oxygen atoms in total. The molecule has 1 N–H and O–H groups in total. The van der Waals surface area contributed by atoms with Crippen LogP contribution in [0.2, 0.25) is 0 Å². The number of benzene rings is 1. The van der Waals surface area contributed by atoms with E-state index in [-0.39, 0.29) is 5.25 Å². The van der Waals surface area contributed by atoms with Crippen molar-refractivity contribution in [2.75, 3.05) is 17.9 Å². The second-order valence-corrected chi connectivity index (χ2v) is 8.07. The van der Waals surface area contributed by atoms with Gasteiger partial charge in [0.25, 0.3) is 0 Å². The average molecular weight is 446 g/mol. The van der Waals surface area contributed by atoms with Crippen molar-refractivity contribution < 1.29 is 13.2 Å². The predicted octanol–water partition coefficient (Wildman–Crippen LogP) is 2.97. The van der Waals surface area contributed by atoms with Crippen LogP contribution < -0.4 is 4.72 Å². The Morgan fingerprint density at radius 2 is 2.00 bits per heavy atom. The fourth-order valence-corrected chi connectivity index (χ4v) is 3.99. The number of halogens is 2. The summed E-state index contributed by atoms with van der Waals surface area (Å²) < 4.78 is 34.1. The van der Waals surface area contributed by atoms with E-state index in [2.05, 4.69) is 43.2 Å². The molecule has 0 bridgehead atoms. The van der Waals surface area contributed by atoms with E-state index in [1.165, 1.54) is 0 Å². The van der Waals surface area contributed by atoms with Gasteiger partial charge in [0.05, 0.1) is 5.25 Å². The minimum Gasteiger partial charge on any atom is -0.381 e. The maximum atomic E-state index is 12.2. The van der Waals surface area contributed by atoms with Gasteiger partial charge in [-0.1, -0.05) is 0 Å². The topological polar surface area (TPSA) is 55.4 Å². The molecular weight excluding hydrogens is 433 g/mol. The molecule has 1 aromatic carbocycles. The van der Waals surface area contributed by atoms with Crippen molar-refractivity contribution in [1.29, 1.82) is 0 Å². The highest BCUT2D eigenvalue weighted by atomic mass is 127. The molecule has 2 rings (SSSR count). The van der Waals surface area contributed by atoms with Crippen LogP contribution in [0.3, 0.4) is 0 Å². The SMILES string of the molecule is O=S(=O)(Nc1ccc(Br)c(I)c1)C1CCOCC1. The molecule has 7 heteroatoms. The van der Waals surface area contributed by atoms with E-state index in [1.54, 1.807) is 6.07 Å². The van der Waals surface area contributed by atoms with Gasteiger partial charge in [-0.05, 0) is 69.6 Å². The number of anilines is 1. The van der Waals surface area contributed by atoms with Gasteiger partial charge in [-0.15, -0.1) is 0 Å². The molecule has 0 radical (unpaired) electrons. The standard InChI is InChI=1S/C11H13BrINO3S/c12-10-2-1-8(7-11(10)13)14-18(15,16)9-3-5-17-6-4-9/h1-2,7,9,14H,3-6H2. The van der Waals surface area contributed by atoms with E-state index >= 15 is 0 Å². The van der Waals surface area contributed by atoms with Gasteiger partial charge in [-0.2, -0.15) is 0 Å². The van der Waals surface area contributed by atoms with Gasteiger partial charge in [0.1, 0.15) is 0 Å². The molecule has 0 unspecified atom stereocenters. The lowest BCUT2D eigenvalue weighted by Gasteiger charge is -2.22. The van der Waals surface area contributed by atoms with Crippen molar-refractivity contribution in [2.45, 2.75) is 18.1 Å². The quantitative estimate of drug-likeness (QED) is 0.727. The molecule has 1 aromatic rings. The third kappa shape index (κ3) is 3.58. The highest BCUT2D eigenvalue weighted by Crippen LogP contribution is 2.25. The van der Waals surface area contributed by atoms with Gasteiger partial charge in [0.15, 0.2) is 0 Å². The molecule has 0 spiro atoms. The van der Waals surface area contributed by atoms with Crippen molar-refractivity contribution in [2.24, 2.45) is 0 Å². The van der Waals surface area contributed by atoms with Crippen molar-refractivity contribution in [3.63, 3.8) is 0 Å². The molecule has 0 aliphatic carbocycles. The number of rotatable bonds is 3. The predicted molar refractivity (Wildman–Crippen MR) is 83.2 cm³/mol. The van der Waals surface area contributed by atoms with Crippen molar-refractivity contribution in [3.8, 4) is 0 Å². The minimum atomic E-state index is -3.31. The van der Waals surface area contributed by atoms with Gasteiger partial charge < -0.3 is 4.74 Å². The summed E-state index contributed by atoms with van der Waals surface area (Å²) in [5.74, 6) is 0. The summed E-state index contributed by atoms with van der Waals surface area (Å²) in [6.07, 6.45) is 1.12. The van der Waals surface area contributed by atoms with Crippen LogP contribution in [-0.4, -0.2) is 26.9 Å². The molecule has 1 aliphatic heterocycles. The van der Waals surface area contributed by atoms with Crippen LogP contribution in [-0.2, 0) is 14.8 Å². The maximum Gasteiger partial charge on any atom is 0.235 e. The second kappa shape index (κ2) is 6.06. The Kier molecular flexibility index (Phi) is 4.90. The highest BCUT2D eigenvalue weighted by molar-refractivity contribution is 14.1. The number of nitrogens with one attached hydrogen (secondary N) is 1. The molecule has 0 amide bonds. The van der Waals surface area contributed by atoms with E-state index in [9.17, 15) is 8.42 Å². The molecule has 0 saturated carbocycles. The van der Waals surface area contributed by atoms with E-state index in [1.807, 2.05) is 12.1 Å². The molecule has 1 saturated heterocycles. The van der Waals surface area contributed by atoms with Crippen LogP contribution >= 0.6 is 38.5 Å². The van der Waals surface area contributed by atoms with Gasteiger partial charge >= 0.3 is 0 Å². The molecule has 18 heavy (non-hydrogen) atoms. The van der Waals surface area contributed by atoms with Crippen LogP contribution in [0.15, 0.2) is 22.7 Å². The second-order valence-electron chi connectivity index (χ2n) is 4.09. The van der Waals surface area contributed by atoms with Crippen LogP contribution in [0.4, 0.5) is 5.69 Å². The lowest BCUT2D eigenvalue weighted by molar-refractivity contribution is 0.0984. The van der Waals surface area contributed by atoms with E-state index < -0.39 is 10.0 Å². The van der Waals surface area contributed by atoms with Crippen molar-refractivity contribution >= 4 is 54.2 Å². The van der Waals surface area contributed by atoms with E-state index in [0.717, 1.165) is 8.04 Å². The van der Waals surface area contributed by atoms with Crippen LogP contribution in [0, 0.1) is 3.57 Å². The zero-order chi connectivity index (χ0) is 13.2. The normalized spacial score (nSPS) is 17.7. The summed E-state index contributed by atoms with van der Waals surface area (Å²) in [5.41, 5.74) is 0.606. The van der Waals surface area contributed by atoms with Gasteiger partial charge in [0.2, 0.25) is 10.0 Å². The Bertz CT molecular complexity index is 529. The zero-order valence-electron chi connectivity index (χ0n) is 9.53. The molecule has 100 valence electrons. The first-order chi connectivity index (χ1) is 8.49. The summed E-state index contributed by atoms with van der Waals surface area (Å²) in [4.78, 5) is 0. The molecule has 0 aromatic heterocycles. The average Bonchev–Trinajstić information content (AvgIpc) is 2.35. The third-order valence-electron chi connectivity index (χ3n) is 2.79. The van der Waals surface area contributed by atoms with E-state index in [4.69, 9.17) is 4.74 Å². The Hall–Kier alpha value is 0.140. The third-order valence-corrected chi connectivity index (χ3v) is 6.98. The van der Waals surface area contributed by atoms with Crippen LogP contribution in [0.25, 0.3) is 0 Å². The Morgan fingerprint density at radius 1 is 1.33 bits per heavy atom. The van der Waals surface area contributed by atoms with Crippen LogP contribution in [0.5, 0.6) is 0 Å². The van der Waals surface area contributed by atoms with Crippen molar-refractivity contribution in [1.82, 2.24) is 0 Å². The molecule has 1 fully saturated rings. The van der Waals surface area contributed by atoms with Crippen LogP contribution in [0.1, 0.15) is 12.8 Å². The minimum absolute atomic E-state index is 0.354. The first kappa shape index (κ1) is 14.5. The number of hydrogen-bond acceptors (Lipinski definition) is 3. The van der Waals surface area contributed by atoms with Gasteiger partial charge in [-0.25, -0.2) is 8.42 Å². The fourth-order valence-electron chi connectivity index (χ4n) is 1.79. The molecule has 1 heterocycles. The summed E-state index contributed by atoms with van der Waals surface area (Å²) >= 11 is 5.54. The smallest absolute Gasteiger partial charge is 0.235 e. The number of ether oxygens (including phenoxy) is 1. The Morgan fingerprint density at radius 3 is 2.61 bits per heavy atom. The lowest BCUT2D eigenvalue weighted by atomic mass is 10.2. The Balaban J connectivity index is 2.13. The lowest BCUT2D eigenvalue weighted by Crippen LogP contribution is -2.33. The first-order valence-corrected chi connectivity index (χ1v) is 8.95. The number of sulfonamides is 1. The highest BCUT2D eigenvalue weighted by Gasteiger charge is 2.27.